The van der Waals surface area contributed by atoms with Crippen LogP contribution in [0.3, 0.4) is 0 Å². The van der Waals surface area contributed by atoms with Crippen molar-refractivity contribution < 1.29 is 13.2 Å². The number of halogens is 1. The van der Waals surface area contributed by atoms with Gasteiger partial charge in [-0.05, 0) is 45.5 Å². The molecule has 126 valence electrons. The molecule has 1 aromatic carbocycles. The third kappa shape index (κ3) is 6.34. The number of rotatable bonds is 6. The number of hydrogen-bond donors (Lipinski definition) is 2. The SMILES string of the molecule is CNCCC(=O)Nc1ccc(CS(=O)(=O)C(C)(C)C)cc1.Cl. The molecule has 5 nitrogen and oxygen atoms in total. The summed E-state index contributed by atoms with van der Waals surface area (Å²) in [6.07, 6.45) is 0.399. The molecule has 1 amide bonds. The molecule has 0 spiro atoms. The molecule has 0 radical (unpaired) electrons. The van der Waals surface area contributed by atoms with Crippen molar-refractivity contribution in [2.75, 3.05) is 18.9 Å². The molecule has 0 bridgehead atoms. The molecule has 1 rings (SSSR count). The Kier molecular flexibility index (Phi) is 8.07. The van der Waals surface area contributed by atoms with Gasteiger partial charge >= 0.3 is 0 Å². The molecule has 0 unspecified atom stereocenters. The zero-order valence-electron chi connectivity index (χ0n) is 13.5. The van der Waals surface area contributed by atoms with E-state index < -0.39 is 14.6 Å². The second kappa shape index (κ2) is 8.50. The average molecular weight is 349 g/mol. The lowest BCUT2D eigenvalue weighted by Crippen LogP contribution is -2.29. The summed E-state index contributed by atoms with van der Waals surface area (Å²) in [5.74, 6) is -0.0655. The second-order valence-electron chi connectivity index (χ2n) is 5.97. The highest BCUT2D eigenvalue weighted by atomic mass is 35.5. The molecule has 0 saturated heterocycles. The van der Waals surface area contributed by atoms with Crippen molar-refractivity contribution in [2.45, 2.75) is 37.7 Å². The van der Waals surface area contributed by atoms with E-state index in [1.54, 1.807) is 52.1 Å². The molecule has 0 aromatic heterocycles. The van der Waals surface area contributed by atoms with E-state index in [1.807, 2.05) is 0 Å². The van der Waals surface area contributed by atoms with E-state index in [0.29, 0.717) is 18.7 Å². The van der Waals surface area contributed by atoms with Crippen molar-refractivity contribution in [3.05, 3.63) is 29.8 Å². The zero-order chi connectivity index (χ0) is 16.1. The highest BCUT2D eigenvalue weighted by molar-refractivity contribution is 7.91. The van der Waals surface area contributed by atoms with Crippen molar-refractivity contribution in [2.24, 2.45) is 0 Å². The molecule has 2 N–H and O–H groups in total. The Hall–Kier alpha value is -1.11. The summed E-state index contributed by atoms with van der Waals surface area (Å²) in [4.78, 5) is 11.6. The predicted molar refractivity (Wildman–Crippen MR) is 93.2 cm³/mol. The van der Waals surface area contributed by atoms with Gasteiger partial charge in [0.05, 0.1) is 10.5 Å². The fraction of sp³-hybridized carbons (Fsp3) is 0.533. The van der Waals surface area contributed by atoms with Gasteiger partial charge in [0.25, 0.3) is 0 Å². The Morgan fingerprint density at radius 2 is 1.68 bits per heavy atom. The first-order valence-electron chi connectivity index (χ1n) is 6.91. The van der Waals surface area contributed by atoms with E-state index in [2.05, 4.69) is 10.6 Å². The van der Waals surface area contributed by atoms with Crippen molar-refractivity contribution in [1.82, 2.24) is 5.32 Å². The minimum absolute atomic E-state index is 0. The summed E-state index contributed by atoms with van der Waals surface area (Å²) >= 11 is 0. The summed E-state index contributed by atoms with van der Waals surface area (Å²) in [7, 11) is -1.40. The quantitative estimate of drug-likeness (QED) is 0.827. The van der Waals surface area contributed by atoms with Crippen molar-refractivity contribution >= 4 is 33.8 Å². The predicted octanol–water partition coefficient (Wildman–Crippen LogP) is 2.37. The van der Waals surface area contributed by atoms with Crippen LogP contribution in [0.1, 0.15) is 32.8 Å². The van der Waals surface area contributed by atoms with Gasteiger partial charge in [-0.25, -0.2) is 8.42 Å². The minimum Gasteiger partial charge on any atom is -0.326 e. The van der Waals surface area contributed by atoms with Crippen molar-refractivity contribution in [1.29, 1.82) is 0 Å². The molecule has 0 heterocycles. The van der Waals surface area contributed by atoms with Gasteiger partial charge in [0.2, 0.25) is 5.91 Å². The highest BCUT2D eigenvalue weighted by Crippen LogP contribution is 2.21. The lowest BCUT2D eigenvalue weighted by atomic mass is 10.2. The van der Waals surface area contributed by atoms with Crippen LogP contribution < -0.4 is 10.6 Å². The molecule has 0 aliphatic rings. The molecule has 1 aromatic rings. The van der Waals surface area contributed by atoms with Crippen LogP contribution in [-0.2, 0) is 20.4 Å². The van der Waals surface area contributed by atoms with E-state index in [9.17, 15) is 13.2 Å². The van der Waals surface area contributed by atoms with Crippen LogP contribution in [0.25, 0.3) is 0 Å². The Bertz CT molecular complexity index is 578. The fourth-order valence-electron chi connectivity index (χ4n) is 1.58. The molecular formula is C15H25ClN2O3S. The molecule has 22 heavy (non-hydrogen) atoms. The van der Waals surface area contributed by atoms with Crippen LogP contribution in [0.5, 0.6) is 0 Å². The van der Waals surface area contributed by atoms with E-state index in [-0.39, 0.29) is 24.1 Å². The first kappa shape index (κ1) is 20.9. The van der Waals surface area contributed by atoms with E-state index in [4.69, 9.17) is 0 Å². The summed E-state index contributed by atoms with van der Waals surface area (Å²) in [5.41, 5.74) is 1.39. The minimum atomic E-state index is -3.19. The molecule has 0 saturated carbocycles. The van der Waals surface area contributed by atoms with Crippen LogP contribution >= 0.6 is 12.4 Å². The summed E-state index contributed by atoms with van der Waals surface area (Å²) in [5, 5.41) is 5.67. The lowest BCUT2D eigenvalue weighted by Gasteiger charge is -2.19. The Labute approximate surface area is 139 Å². The van der Waals surface area contributed by atoms with Crippen LogP contribution in [0.2, 0.25) is 0 Å². The number of sulfone groups is 1. The maximum Gasteiger partial charge on any atom is 0.225 e. The van der Waals surface area contributed by atoms with Gasteiger partial charge in [-0.2, -0.15) is 0 Å². The first-order valence-corrected chi connectivity index (χ1v) is 8.56. The van der Waals surface area contributed by atoms with E-state index in [1.165, 1.54) is 0 Å². The van der Waals surface area contributed by atoms with Gasteiger partial charge in [0.15, 0.2) is 9.84 Å². The third-order valence-electron chi connectivity index (χ3n) is 3.13. The molecule has 0 aliphatic carbocycles. The van der Waals surface area contributed by atoms with Crippen LogP contribution in [0, 0.1) is 0 Å². The Morgan fingerprint density at radius 1 is 1.14 bits per heavy atom. The fourth-order valence-corrected chi connectivity index (χ4v) is 2.65. The molecule has 0 atom stereocenters. The van der Waals surface area contributed by atoms with Gasteiger partial charge in [-0.15, -0.1) is 12.4 Å². The van der Waals surface area contributed by atoms with Crippen LogP contribution in [0.4, 0.5) is 5.69 Å². The number of benzene rings is 1. The van der Waals surface area contributed by atoms with Gasteiger partial charge < -0.3 is 10.6 Å². The summed E-state index contributed by atoms with van der Waals surface area (Å²) in [6, 6.07) is 6.92. The summed E-state index contributed by atoms with van der Waals surface area (Å²) in [6.45, 7) is 5.70. The Morgan fingerprint density at radius 3 is 2.14 bits per heavy atom. The smallest absolute Gasteiger partial charge is 0.225 e. The number of hydrogen-bond acceptors (Lipinski definition) is 4. The van der Waals surface area contributed by atoms with Crippen molar-refractivity contribution in [3.8, 4) is 0 Å². The largest absolute Gasteiger partial charge is 0.326 e. The van der Waals surface area contributed by atoms with Crippen molar-refractivity contribution in [3.63, 3.8) is 0 Å². The number of amides is 1. The van der Waals surface area contributed by atoms with Gasteiger partial charge in [0, 0.05) is 18.7 Å². The van der Waals surface area contributed by atoms with Crippen LogP contribution in [0.15, 0.2) is 24.3 Å². The average Bonchev–Trinajstić information content (AvgIpc) is 2.37. The van der Waals surface area contributed by atoms with E-state index >= 15 is 0 Å². The summed E-state index contributed by atoms with van der Waals surface area (Å²) < 4.78 is 23.5. The molecule has 0 aliphatic heterocycles. The molecule has 0 fully saturated rings. The second-order valence-corrected chi connectivity index (χ2v) is 8.71. The topological polar surface area (TPSA) is 75.3 Å². The highest BCUT2D eigenvalue weighted by Gasteiger charge is 2.28. The normalized spacial score (nSPS) is 11.6. The monoisotopic (exact) mass is 348 g/mol. The third-order valence-corrected chi connectivity index (χ3v) is 5.71. The van der Waals surface area contributed by atoms with Crippen LogP contribution in [-0.4, -0.2) is 32.7 Å². The van der Waals surface area contributed by atoms with Gasteiger partial charge in [0.1, 0.15) is 0 Å². The number of carbonyl (C=O) groups excluding carboxylic acids is 1. The van der Waals surface area contributed by atoms with Gasteiger partial charge in [-0.1, -0.05) is 12.1 Å². The number of nitrogens with one attached hydrogen (secondary N) is 2. The standard InChI is InChI=1S/C15H24N2O3S.ClH/c1-15(2,3)21(19,20)11-12-5-7-13(8-6-12)17-14(18)9-10-16-4;/h5-8,16H,9-11H2,1-4H3,(H,17,18);1H. The molecular weight excluding hydrogens is 324 g/mol. The number of carbonyl (C=O) groups is 1. The number of anilines is 1. The maximum atomic E-state index is 12.1. The Balaban J connectivity index is 0.00000441. The van der Waals surface area contributed by atoms with Gasteiger partial charge in [-0.3, -0.25) is 4.79 Å². The molecule has 7 heteroatoms. The lowest BCUT2D eigenvalue weighted by molar-refractivity contribution is -0.116. The van der Waals surface area contributed by atoms with E-state index in [0.717, 1.165) is 5.56 Å². The first-order chi connectivity index (χ1) is 9.65. The zero-order valence-corrected chi connectivity index (χ0v) is 15.1. The maximum absolute atomic E-state index is 12.1.